The third-order valence-corrected chi connectivity index (χ3v) is 4.43. The predicted octanol–water partition coefficient (Wildman–Crippen LogP) is 3.69. The molecule has 0 amide bonds. The quantitative estimate of drug-likeness (QED) is 0.628. The Kier molecular flexibility index (Phi) is 2.99. The monoisotopic (exact) mass is 270 g/mol. The van der Waals surface area contributed by atoms with Crippen molar-refractivity contribution in [1.29, 1.82) is 0 Å². The molecule has 2 heterocycles. The van der Waals surface area contributed by atoms with E-state index in [1.165, 1.54) is 5.56 Å². The number of rotatable bonds is 3. The largest absolute Gasteiger partial charge is 0.449 e. The molecule has 1 aromatic carbocycles. The molecule has 1 atom stereocenters. The number of carbonyl (C=O) groups is 1. The second kappa shape index (κ2) is 4.67. The average molecular weight is 270 g/mol. The van der Waals surface area contributed by atoms with Crippen LogP contribution >= 0.6 is 11.3 Å². The molecule has 0 N–H and O–H groups in total. The van der Waals surface area contributed by atoms with Crippen molar-refractivity contribution in [2.75, 3.05) is 0 Å². The minimum atomic E-state index is -0.566. The number of esters is 1. The van der Waals surface area contributed by atoms with Gasteiger partial charge in [0.1, 0.15) is 0 Å². The molecule has 1 fully saturated rings. The van der Waals surface area contributed by atoms with Crippen LogP contribution in [0.1, 0.15) is 16.9 Å². The summed E-state index contributed by atoms with van der Waals surface area (Å²) in [7, 11) is 0. The fourth-order valence-corrected chi connectivity index (χ4v) is 3.35. The standard InChI is InChI=1S/C16H14O2S/c1-12-10-16(18-15(12)17,14-8-5-9-19-14)11-13-6-3-2-4-7-13/h2-9H,1,10-11H2. The Labute approximate surface area is 116 Å². The van der Waals surface area contributed by atoms with E-state index in [0.717, 1.165) is 4.88 Å². The van der Waals surface area contributed by atoms with Gasteiger partial charge in [-0.3, -0.25) is 0 Å². The number of ether oxygens (including phenoxy) is 1. The molecule has 1 aromatic heterocycles. The highest BCUT2D eigenvalue weighted by molar-refractivity contribution is 7.10. The van der Waals surface area contributed by atoms with Crippen LogP contribution in [0.5, 0.6) is 0 Å². The number of carbonyl (C=O) groups excluding carboxylic acids is 1. The van der Waals surface area contributed by atoms with E-state index >= 15 is 0 Å². The van der Waals surface area contributed by atoms with E-state index in [1.54, 1.807) is 11.3 Å². The Hall–Kier alpha value is -1.87. The van der Waals surface area contributed by atoms with E-state index < -0.39 is 5.60 Å². The summed E-state index contributed by atoms with van der Waals surface area (Å²) in [4.78, 5) is 12.8. The molecule has 0 radical (unpaired) electrons. The highest BCUT2D eigenvalue weighted by Crippen LogP contribution is 2.43. The van der Waals surface area contributed by atoms with Crippen LogP contribution in [0, 0.1) is 0 Å². The van der Waals surface area contributed by atoms with Crippen molar-refractivity contribution in [2.45, 2.75) is 18.4 Å². The van der Waals surface area contributed by atoms with Gasteiger partial charge in [0.15, 0.2) is 5.60 Å². The molecule has 0 aliphatic carbocycles. The van der Waals surface area contributed by atoms with Gasteiger partial charge in [-0.25, -0.2) is 4.79 Å². The zero-order valence-electron chi connectivity index (χ0n) is 10.5. The van der Waals surface area contributed by atoms with Crippen LogP contribution in [0.4, 0.5) is 0 Å². The molecule has 1 unspecified atom stereocenters. The maximum Gasteiger partial charge on any atom is 0.334 e. The van der Waals surface area contributed by atoms with Crippen LogP contribution < -0.4 is 0 Å². The molecule has 0 bridgehead atoms. The van der Waals surface area contributed by atoms with Crippen molar-refractivity contribution in [2.24, 2.45) is 0 Å². The predicted molar refractivity (Wildman–Crippen MR) is 76.0 cm³/mol. The third kappa shape index (κ3) is 2.22. The van der Waals surface area contributed by atoms with Crippen molar-refractivity contribution in [3.05, 3.63) is 70.4 Å². The van der Waals surface area contributed by atoms with Crippen molar-refractivity contribution in [3.8, 4) is 0 Å². The van der Waals surface area contributed by atoms with Crippen LogP contribution in [0.25, 0.3) is 0 Å². The van der Waals surface area contributed by atoms with Gasteiger partial charge in [0.2, 0.25) is 0 Å². The Morgan fingerprint density at radius 3 is 2.58 bits per heavy atom. The maximum atomic E-state index is 11.8. The third-order valence-electron chi connectivity index (χ3n) is 3.38. The lowest BCUT2D eigenvalue weighted by atomic mass is 9.89. The van der Waals surface area contributed by atoms with Crippen molar-refractivity contribution in [1.82, 2.24) is 0 Å². The fourth-order valence-electron chi connectivity index (χ4n) is 2.49. The van der Waals surface area contributed by atoms with Crippen molar-refractivity contribution >= 4 is 17.3 Å². The van der Waals surface area contributed by atoms with E-state index in [1.807, 2.05) is 35.7 Å². The van der Waals surface area contributed by atoms with E-state index in [9.17, 15) is 4.79 Å². The molecule has 3 rings (SSSR count). The molecule has 0 spiro atoms. The first-order valence-corrected chi connectivity index (χ1v) is 7.07. The zero-order valence-corrected chi connectivity index (χ0v) is 11.3. The molecule has 1 aliphatic heterocycles. The SMILES string of the molecule is C=C1CC(Cc2ccccc2)(c2cccs2)OC1=O. The zero-order chi connectivity index (χ0) is 13.3. The Morgan fingerprint density at radius 1 is 1.21 bits per heavy atom. The summed E-state index contributed by atoms with van der Waals surface area (Å²) in [6.07, 6.45) is 1.26. The molecule has 19 heavy (non-hydrogen) atoms. The van der Waals surface area contributed by atoms with Gasteiger partial charge in [-0.2, -0.15) is 0 Å². The summed E-state index contributed by atoms with van der Waals surface area (Å²) >= 11 is 1.62. The van der Waals surface area contributed by atoms with Crippen molar-refractivity contribution < 1.29 is 9.53 Å². The lowest BCUT2D eigenvalue weighted by Crippen LogP contribution is -2.27. The highest BCUT2D eigenvalue weighted by atomic mass is 32.1. The molecule has 1 saturated heterocycles. The lowest BCUT2D eigenvalue weighted by Gasteiger charge is -2.26. The number of hydrogen-bond acceptors (Lipinski definition) is 3. The highest BCUT2D eigenvalue weighted by Gasteiger charge is 2.45. The minimum Gasteiger partial charge on any atom is -0.449 e. The molecule has 2 aromatic rings. The minimum absolute atomic E-state index is 0.274. The van der Waals surface area contributed by atoms with Gasteiger partial charge in [0, 0.05) is 23.3 Å². The summed E-state index contributed by atoms with van der Waals surface area (Å²) in [5.74, 6) is -0.274. The van der Waals surface area contributed by atoms with Crippen molar-refractivity contribution in [3.63, 3.8) is 0 Å². The second-order valence-electron chi connectivity index (χ2n) is 4.80. The van der Waals surface area contributed by atoms with Gasteiger partial charge in [-0.1, -0.05) is 43.0 Å². The molecular formula is C16H14O2S. The Balaban J connectivity index is 1.99. The van der Waals surface area contributed by atoms with E-state index in [4.69, 9.17) is 4.74 Å². The van der Waals surface area contributed by atoms with Crippen LogP contribution in [-0.2, 0) is 21.6 Å². The summed E-state index contributed by atoms with van der Waals surface area (Å²) < 4.78 is 5.68. The van der Waals surface area contributed by atoms with E-state index in [2.05, 4.69) is 18.7 Å². The molecule has 3 heteroatoms. The Morgan fingerprint density at radius 2 is 2.00 bits per heavy atom. The fraction of sp³-hybridized carbons (Fsp3) is 0.188. The van der Waals surface area contributed by atoms with Gasteiger partial charge in [-0.15, -0.1) is 11.3 Å². The van der Waals surface area contributed by atoms with E-state index in [-0.39, 0.29) is 5.97 Å². The van der Waals surface area contributed by atoms with Crippen LogP contribution in [0.3, 0.4) is 0 Å². The first-order valence-electron chi connectivity index (χ1n) is 6.19. The second-order valence-corrected chi connectivity index (χ2v) is 5.75. The summed E-state index contributed by atoms with van der Waals surface area (Å²) in [5.41, 5.74) is 1.16. The number of thiophene rings is 1. The molecular weight excluding hydrogens is 256 g/mol. The van der Waals surface area contributed by atoms with Gasteiger partial charge in [0.25, 0.3) is 0 Å². The number of hydrogen-bond donors (Lipinski definition) is 0. The Bertz CT molecular complexity index is 583. The number of cyclic esters (lactones) is 1. The molecule has 96 valence electrons. The van der Waals surface area contributed by atoms with Crippen LogP contribution in [0.15, 0.2) is 60.0 Å². The van der Waals surface area contributed by atoms with Crippen LogP contribution in [-0.4, -0.2) is 5.97 Å². The summed E-state index contributed by atoms with van der Waals surface area (Å²) in [5, 5.41) is 2.01. The normalized spacial score (nSPS) is 22.5. The van der Waals surface area contributed by atoms with Gasteiger partial charge >= 0.3 is 5.97 Å². The lowest BCUT2D eigenvalue weighted by molar-refractivity contribution is -0.147. The summed E-state index contributed by atoms with van der Waals surface area (Å²) in [6.45, 7) is 3.81. The van der Waals surface area contributed by atoms with Crippen LogP contribution in [0.2, 0.25) is 0 Å². The molecule has 0 saturated carbocycles. The topological polar surface area (TPSA) is 26.3 Å². The average Bonchev–Trinajstić information content (AvgIpc) is 3.01. The molecule has 1 aliphatic rings. The van der Waals surface area contributed by atoms with E-state index in [0.29, 0.717) is 18.4 Å². The van der Waals surface area contributed by atoms with Gasteiger partial charge in [0.05, 0.1) is 0 Å². The van der Waals surface area contributed by atoms with Gasteiger partial charge in [-0.05, 0) is 17.0 Å². The summed E-state index contributed by atoms with van der Waals surface area (Å²) in [6, 6.07) is 14.1. The first-order chi connectivity index (χ1) is 9.20. The number of benzene rings is 1. The smallest absolute Gasteiger partial charge is 0.334 e. The van der Waals surface area contributed by atoms with Gasteiger partial charge < -0.3 is 4.74 Å². The molecule has 2 nitrogen and oxygen atoms in total. The first kappa shape index (κ1) is 12.2. The maximum absolute atomic E-state index is 11.8.